The number of nitro benzene ring substituents is 1. The van der Waals surface area contributed by atoms with Crippen LogP contribution in [0.2, 0.25) is 0 Å². The Morgan fingerprint density at radius 2 is 1.78 bits per heavy atom. The topological polar surface area (TPSA) is 107 Å². The van der Waals surface area contributed by atoms with Crippen LogP contribution in [0.25, 0.3) is 0 Å². The molecule has 27 heavy (non-hydrogen) atoms. The number of hydrogen-bond acceptors (Lipinski definition) is 6. The predicted octanol–water partition coefficient (Wildman–Crippen LogP) is 2.37. The number of ether oxygens (including phenoxy) is 1. The molecule has 0 N–H and O–H groups in total. The van der Waals surface area contributed by atoms with Crippen LogP contribution < -0.4 is 4.90 Å². The van der Waals surface area contributed by atoms with Crippen LogP contribution in [-0.4, -0.2) is 35.7 Å². The quantitative estimate of drug-likeness (QED) is 0.335. The minimum atomic E-state index is -0.684. The average Bonchev–Trinajstić information content (AvgIpc) is 3.08. The van der Waals surface area contributed by atoms with Crippen molar-refractivity contribution in [3.63, 3.8) is 0 Å². The second-order valence-electron chi connectivity index (χ2n) is 6.08. The highest BCUT2D eigenvalue weighted by Gasteiger charge is 2.36. The van der Waals surface area contributed by atoms with Gasteiger partial charge in [0.15, 0.2) is 12.4 Å². The maximum Gasteiger partial charge on any atom is 0.311 e. The maximum atomic E-state index is 12.2. The highest BCUT2D eigenvalue weighted by Crippen LogP contribution is 2.27. The third kappa shape index (κ3) is 4.17. The highest BCUT2D eigenvalue weighted by molar-refractivity contribution is 6.01. The van der Waals surface area contributed by atoms with E-state index in [-0.39, 0.29) is 37.0 Å². The number of amides is 1. The molecule has 0 unspecified atom stereocenters. The molecule has 0 aliphatic carbocycles. The Hall–Kier alpha value is -3.55. The molecular formula is C19H16N2O6. The summed E-state index contributed by atoms with van der Waals surface area (Å²) in [5.74, 6) is -1.89. The van der Waals surface area contributed by atoms with E-state index in [1.807, 2.05) is 0 Å². The monoisotopic (exact) mass is 368 g/mol. The Labute approximate surface area is 154 Å². The number of nitro groups is 1. The van der Waals surface area contributed by atoms with Gasteiger partial charge in [-0.25, -0.2) is 0 Å². The zero-order valence-electron chi connectivity index (χ0n) is 14.2. The van der Waals surface area contributed by atoms with Crippen molar-refractivity contribution in [2.75, 3.05) is 18.1 Å². The molecule has 1 amide bonds. The van der Waals surface area contributed by atoms with Crippen molar-refractivity contribution >= 4 is 29.0 Å². The summed E-state index contributed by atoms with van der Waals surface area (Å²) in [6, 6.07) is 14.0. The molecular weight excluding hydrogens is 352 g/mol. The van der Waals surface area contributed by atoms with Crippen molar-refractivity contribution in [1.82, 2.24) is 0 Å². The van der Waals surface area contributed by atoms with Gasteiger partial charge < -0.3 is 9.64 Å². The lowest BCUT2D eigenvalue weighted by atomic mass is 10.1. The zero-order chi connectivity index (χ0) is 19.4. The number of Topliss-reactive ketones (excluding diaryl/α,β-unsaturated/α-hetero) is 1. The third-order valence-corrected chi connectivity index (χ3v) is 4.27. The number of nitrogens with zero attached hydrogens (tertiary/aromatic N) is 2. The Bertz CT molecular complexity index is 879. The van der Waals surface area contributed by atoms with Crippen molar-refractivity contribution in [1.29, 1.82) is 0 Å². The first-order chi connectivity index (χ1) is 13.0. The van der Waals surface area contributed by atoms with E-state index in [0.29, 0.717) is 11.3 Å². The van der Waals surface area contributed by atoms with Gasteiger partial charge in [-0.15, -0.1) is 0 Å². The molecule has 3 rings (SSSR count). The van der Waals surface area contributed by atoms with Gasteiger partial charge in [0, 0.05) is 36.3 Å². The Morgan fingerprint density at radius 3 is 2.41 bits per heavy atom. The molecule has 0 spiro atoms. The van der Waals surface area contributed by atoms with Gasteiger partial charge >= 0.3 is 5.97 Å². The van der Waals surface area contributed by atoms with Gasteiger partial charge in [-0.1, -0.05) is 30.3 Å². The van der Waals surface area contributed by atoms with E-state index < -0.39 is 16.8 Å². The average molecular weight is 368 g/mol. The number of ketones is 1. The predicted molar refractivity (Wildman–Crippen MR) is 95.3 cm³/mol. The molecule has 1 aliphatic rings. The molecule has 138 valence electrons. The van der Waals surface area contributed by atoms with E-state index >= 15 is 0 Å². The summed E-state index contributed by atoms with van der Waals surface area (Å²) in [6.07, 6.45) is -0.0324. The van der Waals surface area contributed by atoms with Crippen molar-refractivity contribution in [2.24, 2.45) is 5.92 Å². The maximum absolute atomic E-state index is 12.2. The highest BCUT2D eigenvalue weighted by atomic mass is 16.6. The molecule has 1 fully saturated rings. The normalized spacial score (nSPS) is 16.2. The summed E-state index contributed by atoms with van der Waals surface area (Å²) in [5, 5.41) is 10.7. The van der Waals surface area contributed by atoms with Crippen molar-refractivity contribution in [2.45, 2.75) is 6.42 Å². The van der Waals surface area contributed by atoms with Gasteiger partial charge in [-0.2, -0.15) is 0 Å². The van der Waals surface area contributed by atoms with Gasteiger partial charge in [-0.3, -0.25) is 24.5 Å². The van der Waals surface area contributed by atoms with Gasteiger partial charge in [-0.05, 0) is 12.1 Å². The van der Waals surface area contributed by atoms with Crippen LogP contribution in [-0.2, 0) is 14.3 Å². The van der Waals surface area contributed by atoms with E-state index in [1.54, 1.807) is 30.3 Å². The molecule has 1 heterocycles. The molecule has 8 nitrogen and oxygen atoms in total. The van der Waals surface area contributed by atoms with Crippen LogP contribution in [0.5, 0.6) is 0 Å². The van der Waals surface area contributed by atoms with Gasteiger partial charge in [0.05, 0.1) is 10.8 Å². The van der Waals surface area contributed by atoms with Crippen LogP contribution >= 0.6 is 0 Å². The molecule has 0 aromatic heterocycles. The fourth-order valence-corrected chi connectivity index (χ4v) is 2.83. The van der Waals surface area contributed by atoms with E-state index in [4.69, 9.17) is 4.74 Å². The number of carbonyl (C=O) groups is 3. The number of non-ortho nitro benzene ring substituents is 1. The summed E-state index contributed by atoms with van der Waals surface area (Å²) >= 11 is 0. The number of rotatable bonds is 6. The minimum absolute atomic E-state index is 0.0324. The standard InChI is InChI=1S/C19H16N2O6/c22-17(13-4-2-1-3-5-13)12-27-19(24)14-10-18(23)20(11-14)15-6-8-16(9-7-15)21(25)26/h1-9,14H,10-12H2/t14-/m1/s1. The molecule has 1 aliphatic heterocycles. The summed E-state index contributed by atoms with van der Waals surface area (Å²) in [4.78, 5) is 47.9. The number of hydrogen-bond donors (Lipinski definition) is 0. The van der Waals surface area contributed by atoms with Crippen molar-refractivity contribution in [3.8, 4) is 0 Å². The summed E-state index contributed by atoms with van der Waals surface area (Å²) < 4.78 is 5.07. The second-order valence-corrected chi connectivity index (χ2v) is 6.08. The number of benzene rings is 2. The van der Waals surface area contributed by atoms with Crippen LogP contribution in [0.15, 0.2) is 54.6 Å². The lowest BCUT2D eigenvalue weighted by molar-refractivity contribution is -0.384. The molecule has 1 saturated heterocycles. The first-order valence-electron chi connectivity index (χ1n) is 8.25. The van der Waals surface area contributed by atoms with Crippen LogP contribution in [0.3, 0.4) is 0 Å². The van der Waals surface area contributed by atoms with Gasteiger partial charge in [0.25, 0.3) is 5.69 Å². The molecule has 0 bridgehead atoms. The Kier molecular flexibility index (Phi) is 5.25. The molecule has 8 heteroatoms. The SMILES string of the molecule is O=C(COC(=O)[C@@H]1CC(=O)N(c2ccc([N+](=O)[O-])cc2)C1)c1ccccc1. The lowest BCUT2D eigenvalue weighted by Crippen LogP contribution is -2.27. The largest absolute Gasteiger partial charge is 0.457 e. The van der Waals surface area contributed by atoms with Crippen LogP contribution in [0.1, 0.15) is 16.8 Å². The first-order valence-corrected chi connectivity index (χ1v) is 8.25. The fraction of sp³-hybridized carbons (Fsp3) is 0.211. The first kappa shape index (κ1) is 18.2. The van der Waals surface area contributed by atoms with E-state index in [1.165, 1.54) is 29.2 Å². The third-order valence-electron chi connectivity index (χ3n) is 4.27. The molecule has 0 radical (unpaired) electrons. The number of carbonyl (C=O) groups excluding carboxylic acids is 3. The summed E-state index contributed by atoms with van der Waals surface area (Å²) in [7, 11) is 0. The van der Waals surface area contributed by atoms with Crippen LogP contribution in [0.4, 0.5) is 11.4 Å². The molecule has 1 atom stereocenters. The van der Waals surface area contributed by atoms with Crippen molar-refractivity contribution in [3.05, 3.63) is 70.3 Å². The van der Waals surface area contributed by atoms with Crippen molar-refractivity contribution < 1.29 is 24.0 Å². The van der Waals surface area contributed by atoms with E-state index in [9.17, 15) is 24.5 Å². The Balaban J connectivity index is 1.58. The zero-order valence-corrected chi connectivity index (χ0v) is 14.2. The summed E-state index contributed by atoms with van der Waals surface area (Å²) in [5.41, 5.74) is 0.836. The lowest BCUT2D eigenvalue weighted by Gasteiger charge is -2.16. The fourth-order valence-electron chi connectivity index (χ4n) is 2.83. The number of esters is 1. The molecule has 2 aromatic carbocycles. The Morgan fingerprint density at radius 1 is 1.11 bits per heavy atom. The number of anilines is 1. The minimum Gasteiger partial charge on any atom is -0.457 e. The molecule has 0 saturated carbocycles. The van der Waals surface area contributed by atoms with E-state index in [0.717, 1.165) is 0 Å². The second kappa shape index (κ2) is 7.77. The van der Waals surface area contributed by atoms with E-state index in [2.05, 4.69) is 0 Å². The smallest absolute Gasteiger partial charge is 0.311 e. The summed E-state index contributed by atoms with van der Waals surface area (Å²) in [6.45, 7) is -0.278. The van der Waals surface area contributed by atoms with Crippen LogP contribution in [0, 0.1) is 16.0 Å². The van der Waals surface area contributed by atoms with Gasteiger partial charge in [0.1, 0.15) is 0 Å². The molecule has 2 aromatic rings. The van der Waals surface area contributed by atoms with Gasteiger partial charge in [0.2, 0.25) is 5.91 Å².